The van der Waals surface area contributed by atoms with Gasteiger partial charge in [-0.1, -0.05) is 20.8 Å². The van der Waals surface area contributed by atoms with Gasteiger partial charge in [-0.15, -0.1) is 0 Å². The van der Waals surface area contributed by atoms with Crippen molar-refractivity contribution in [1.29, 1.82) is 0 Å². The van der Waals surface area contributed by atoms with E-state index < -0.39 is 12.0 Å². The Morgan fingerprint density at radius 2 is 1.89 bits per heavy atom. The molecule has 3 nitrogen and oxygen atoms in total. The maximum atomic E-state index is 10.2. The van der Waals surface area contributed by atoms with E-state index in [1.165, 1.54) is 0 Å². The minimum absolute atomic E-state index is 0.341. The van der Waals surface area contributed by atoms with Crippen LogP contribution in [0.1, 0.15) is 20.8 Å². The number of hydrogen-bond donors (Lipinski definition) is 2. The van der Waals surface area contributed by atoms with Crippen LogP contribution in [-0.4, -0.2) is 17.1 Å². The van der Waals surface area contributed by atoms with E-state index in [2.05, 4.69) is 0 Å². The van der Waals surface area contributed by atoms with Crippen LogP contribution in [-0.2, 0) is 4.79 Å². The van der Waals surface area contributed by atoms with E-state index in [9.17, 15) is 4.79 Å². The Balaban J connectivity index is 4.04. The molecule has 0 saturated carbocycles. The van der Waals surface area contributed by atoms with E-state index in [1.54, 1.807) is 20.8 Å². The maximum Gasteiger partial charge on any atom is 0.321 e. The molecular formula is C6H13NO2. The van der Waals surface area contributed by atoms with Crippen molar-refractivity contribution in [1.82, 2.24) is 0 Å². The summed E-state index contributed by atoms with van der Waals surface area (Å²) in [6.45, 7) is 5.39. The molecule has 3 heteroatoms. The average molecular weight is 133 g/mol. The number of rotatable bonds is 1. The van der Waals surface area contributed by atoms with Crippen molar-refractivity contribution < 1.29 is 9.90 Å². The van der Waals surface area contributed by atoms with Gasteiger partial charge in [-0.3, -0.25) is 4.79 Å². The molecular weight excluding hydrogens is 120 g/mol. The van der Waals surface area contributed by atoms with Crippen molar-refractivity contribution in [3.05, 3.63) is 0 Å². The second kappa shape index (κ2) is 2.35. The summed E-state index contributed by atoms with van der Waals surface area (Å²) in [6, 6.07) is -0.766. The highest BCUT2D eigenvalue weighted by Crippen LogP contribution is 2.16. The van der Waals surface area contributed by atoms with Gasteiger partial charge in [0.1, 0.15) is 6.04 Å². The fraction of sp³-hybridized carbons (Fsp3) is 0.833. The van der Waals surface area contributed by atoms with Crippen molar-refractivity contribution in [3.63, 3.8) is 0 Å². The highest BCUT2D eigenvalue weighted by Gasteiger charge is 2.26. The normalized spacial score (nSPS) is 15.1. The van der Waals surface area contributed by atoms with Crippen LogP contribution >= 0.6 is 0 Å². The van der Waals surface area contributed by atoms with Gasteiger partial charge >= 0.3 is 5.97 Å². The summed E-state index contributed by atoms with van der Waals surface area (Å²) in [7, 11) is 0. The molecule has 0 rings (SSSR count). The lowest BCUT2D eigenvalue weighted by Crippen LogP contribution is -2.41. The summed E-state index contributed by atoms with van der Waals surface area (Å²) in [4.78, 5) is 10.2. The van der Waals surface area contributed by atoms with E-state index in [-0.39, 0.29) is 5.41 Å². The summed E-state index contributed by atoms with van der Waals surface area (Å²) >= 11 is 0. The molecule has 0 spiro atoms. The highest BCUT2D eigenvalue weighted by atomic mass is 16.6. The van der Waals surface area contributed by atoms with E-state index in [1.807, 2.05) is 0 Å². The quantitative estimate of drug-likeness (QED) is 0.545. The molecule has 0 amide bonds. The van der Waals surface area contributed by atoms with Crippen molar-refractivity contribution in [2.45, 2.75) is 26.8 Å². The van der Waals surface area contributed by atoms with Gasteiger partial charge in [0.2, 0.25) is 0 Å². The molecule has 3 N–H and O–H groups in total. The van der Waals surface area contributed by atoms with Crippen LogP contribution in [0.4, 0.5) is 0 Å². The zero-order valence-corrected chi connectivity index (χ0v) is 6.01. The summed E-state index contributed by atoms with van der Waals surface area (Å²) in [5.41, 5.74) is 4.95. The van der Waals surface area contributed by atoms with E-state index in [4.69, 9.17) is 10.8 Å². The Morgan fingerprint density at radius 1 is 1.56 bits per heavy atom. The van der Waals surface area contributed by atoms with Crippen molar-refractivity contribution in [2.24, 2.45) is 11.1 Å². The van der Waals surface area contributed by atoms with Crippen LogP contribution in [0.25, 0.3) is 0 Å². The number of hydrogen-bond acceptors (Lipinski definition) is 2. The first kappa shape index (κ1) is 8.43. The van der Waals surface area contributed by atoms with Crippen molar-refractivity contribution in [2.75, 3.05) is 0 Å². The third kappa shape index (κ3) is 2.46. The fourth-order valence-electron chi connectivity index (χ4n) is 0.370. The van der Waals surface area contributed by atoms with Crippen LogP contribution in [0.15, 0.2) is 0 Å². The van der Waals surface area contributed by atoms with Crippen LogP contribution in [0.2, 0.25) is 0 Å². The monoisotopic (exact) mass is 133 g/mol. The first-order chi connectivity index (χ1) is 3.85. The SMILES string of the molecule is CC(C)(C)[C@H](N)[14C](=O)O. The highest BCUT2D eigenvalue weighted by molar-refractivity contribution is 5.74. The second-order valence-electron chi connectivity index (χ2n) is 3.18. The molecule has 0 aliphatic carbocycles. The lowest BCUT2D eigenvalue weighted by Gasteiger charge is -2.22. The molecule has 0 aliphatic heterocycles. The molecule has 0 fully saturated rings. The number of carbonyl (C=O) groups is 1. The van der Waals surface area contributed by atoms with Crippen LogP contribution < -0.4 is 5.73 Å². The first-order valence-corrected chi connectivity index (χ1v) is 2.84. The molecule has 0 aliphatic rings. The lowest BCUT2D eigenvalue weighted by molar-refractivity contribution is -0.141. The number of aliphatic carboxylic acids is 1. The molecule has 0 unspecified atom stereocenters. The van der Waals surface area contributed by atoms with Crippen molar-refractivity contribution in [3.8, 4) is 0 Å². The molecule has 54 valence electrons. The van der Waals surface area contributed by atoms with Gasteiger partial charge in [0, 0.05) is 0 Å². The summed E-state index contributed by atoms with van der Waals surface area (Å²) in [5.74, 6) is -0.942. The van der Waals surface area contributed by atoms with Crippen LogP contribution in [0, 0.1) is 5.41 Å². The zero-order valence-electron chi connectivity index (χ0n) is 6.01. The van der Waals surface area contributed by atoms with Crippen molar-refractivity contribution >= 4 is 5.97 Å². The lowest BCUT2D eigenvalue weighted by atomic mass is 9.93. The number of carboxylic acid groups (broad SMARTS) is 1. The topological polar surface area (TPSA) is 63.3 Å². The van der Waals surface area contributed by atoms with Crippen LogP contribution in [0.3, 0.4) is 0 Å². The summed E-state index contributed by atoms with van der Waals surface area (Å²) < 4.78 is 0. The Labute approximate surface area is 54.9 Å². The molecule has 0 bridgehead atoms. The van der Waals surface area contributed by atoms with Gasteiger partial charge in [-0.2, -0.15) is 0 Å². The van der Waals surface area contributed by atoms with Gasteiger partial charge in [0.25, 0.3) is 0 Å². The number of nitrogens with two attached hydrogens (primary N) is 1. The van der Waals surface area contributed by atoms with E-state index >= 15 is 0 Å². The third-order valence-electron chi connectivity index (χ3n) is 1.20. The largest absolute Gasteiger partial charge is 0.480 e. The molecule has 0 saturated heterocycles. The standard InChI is InChI=1S/C6H13NO2/c1-6(2,3)4(7)5(8)9/h4H,7H2,1-3H3,(H,8,9)/t4-/m1/s1/i5+2. The molecule has 1 atom stereocenters. The number of carboxylic acids is 1. The van der Waals surface area contributed by atoms with Crippen LogP contribution in [0.5, 0.6) is 0 Å². The molecule has 0 radical (unpaired) electrons. The average Bonchev–Trinajstić information content (AvgIpc) is 1.62. The van der Waals surface area contributed by atoms with Gasteiger partial charge in [-0.25, -0.2) is 0 Å². The minimum atomic E-state index is -0.942. The maximum absolute atomic E-state index is 10.2. The zero-order chi connectivity index (χ0) is 7.65. The van der Waals surface area contributed by atoms with Gasteiger partial charge in [-0.05, 0) is 5.41 Å². The second-order valence-corrected chi connectivity index (χ2v) is 3.18. The smallest absolute Gasteiger partial charge is 0.321 e. The predicted molar refractivity (Wildman–Crippen MR) is 35.1 cm³/mol. The van der Waals surface area contributed by atoms with E-state index in [0.29, 0.717) is 0 Å². The summed E-state index contributed by atoms with van der Waals surface area (Å²) in [5, 5.41) is 8.39. The first-order valence-electron chi connectivity index (χ1n) is 2.84. The Hall–Kier alpha value is -0.570. The summed E-state index contributed by atoms with van der Waals surface area (Å²) in [6.07, 6.45) is 0. The Kier molecular flexibility index (Phi) is 2.20. The van der Waals surface area contributed by atoms with Gasteiger partial charge in [0.05, 0.1) is 0 Å². The minimum Gasteiger partial charge on any atom is -0.480 e. The molecule has 0 heterocycles. The predicted octanol–water partition coefficient (Wildman–Crippen LogP) is 0.444. The Morgan fingerprint density at radius 3 is 1.89 bits per heavy atom. The molecule has 0 aromatic carbocycles. The van der Waals surface area contributed by atoms with E-state index in [0.717, 1.165) is 0 Å². The third-order valence-corrected chi connectivity index (χ3v) is 1.20. The fourth-order valence-corrected chi connectivity index (χ4v) is 0.370. The Bertz CT molecular complexity index is 115. The van der Waals surface area contributed by atoms with Gasteiger partial charge in [0.15, 0.2) is 0 Å². The molecule has 0 aromatic heterocycles. The molecule has 0 aromatic rings. The molecule has 9 heavy (non-hydrogen) atoms. The van der Waals surface area contributed by atoms with Gasteiger partial charge < -0.3 is 10.8 Å².